The average molecular weight is 343 g/mol. The van der Waals surface area contributed by atoms with E-state index in [1.165, 1.54) is 12.1 Å². The molecule has 100 valence electrons. The molecule has 0 spiro atoms. The highest BCUT2D eigenvalue weighted by molar-refractivity contribution is 9.10. The van der Waals surface area contributed by atoms with Crippen LogP contribution in [-0.4, -0.2) is 6.04 Å². The second kappa shape index (κ2) is 6.51. The summed E-state index contributed by atoms with van der Waals surface area (Å²) in [6, 6.07) is 12.2. The summed E-state index contributed by atoms with van der Waals surface area (Å²) in [5.74, 6) is -0.242. The van der Waals surface area contributed by atoms with E-state index < -0.39 is 0 Å². The highest BCUT2D eigenvalue weighted by Crippen LogP contribution is 2.20. The molecule has 0 heterocycles. The van der Waals surface area contributed by atoms with E-state index in [1.54, 1.807) is 6.07 Å². The first-order chi connectivity index (χ1) is 9.04. The van der Waals surface area contributed by atoms with Crippen molar-refractivity contribution in [3.8, 4) is 0 Å². The van der Waals surface area contributed by atoms with Gasteiger partial charge in [-0.15, -0.1) is 0 Å². The molecule has 4 heteroatoms. The predicted molar refractivity (Wildman–Crippen MR) is 80.9 cm³/mol. The fraction of sp³-hybridized carbons (Fsp3) is 0.200. The Bertz CT molecular complexity index is 574. The fourth-order valence-electron chi connectivity index (χ4n) is 2.02. The van der Waals surface area contributed by atoms with Crippen molar-refractivity contribution >= 4 is 27.5 Å². The third kappa shape index (κ3) is 4.30. The third-order valence-electron chi connectivity index (χ3n) is 2.88. The standard InChI is InChI=1S/C15H14BrClFN/c16-15-5-4-13(18)8-11(15)9-14(19)7-10-2-1-3-12(17)6-10/h1-6,8,14H,7,9,19H2. The molecule has 0 aromatic heterocycles. The number of hydrogen-bond acceptors (Lipinski definition) is 1. The van der Waals surface area contributed by atoms with Gasteiger partial charge in [-0.25, -0.2) is 4.39 Å². The summed E-state index contributed by atoms with van der Waals surface area (Å²) in [7, 11) is 0. The Balaban J connectivity index is 2.05. The Labute approximate surface area is 125 Å². The highest BCUT2D eigenvalue weighted by atomic mass is 79.9. The Morgan fingerprint density at radius 2 is 1.95 bits per heavy atom. The van der Waals surface area contributed by atoms with Gasteiger partial charge in [-0.05, 0) is 54.3 Å². The van der Waals surface area contributed by atoms with Gasteiger partial charge in [0.1, 0.15) is 5.82 Å². The van der Waals surface area contributed by atoms with Gasteiger partial charge in [-0.1, -0.05) is 39.7 Å². The molecular formula is C15H14BrClFN. The molecular weight excluding hydrogens is 329 g/mol. The Morgan fingerprint density at radius 1 is 1.16 bits per heavy atom. The molecule has 2 N–H and O–H groups in total. The van der Waals surface area contributed by atoms with Crippen molar-refractivity contribution in [1.82, 2.24) is 0 Å². The van der Waals surface area contributed by atoms with Crippen molar-refractivity contribution in [2.75, 3.05) is 0 Å². The van der Waals surface area contributed by atoms with Gasteiger partial charge >= 0.3 is 0 Å². The lowest BCUT2D eigenvalue weighted by Gasteiger charge is -2.13. The van der Waals surface area contributed by atoms with Crippen molar-refractivity contribution in [2.45, 2.75) is 18.9 Å². The Morgan fingerprint density at radius 3 is 2.68 bits per heavy atom. The summed E-state index contributed by atoms with van der Waals surface area (Å²) >= 11 is 9.35. The maximum atomic E-state index is 13.2. The topological polar surface area (TPSA) is 26.0 Å². The van der Waals surface area contributed by atoms with E-state index in [9.17, 15) is 4.39 Å². The summed E-state index contributed by atoms with van der Waals surface area (Å²) in [6.07, 6.45) is 1.33. The van der Waals surface area contributed by atoms with E-state index in [1.807, 2.05) is 24.3 Å². The quantitative estimate of drug-likeness (QED) is 0.878. The zero-order valence-electron chi connectivity index (χ0n) is 10.2. The normalized spacial score (nSPS) is 12.4. The summed E-state index contributed by atoms with van der Waals surface area (Å²) in [5.41, 5.74) is 8.09. The number of nitrogens with two attached hydrogens (primary N) is 1. The van der Waals surface area contributed by atoms with E-state index >= 15 is 0 Å². The number of hydrogen-bond donors (Lipinski definition) is 1. The predicted octanol–water partition coefficient (Wildman–Crippen LogP) is 4.35. The van der Waals surface area contributed by atoms with Gasteiger partial charge in [0, 0.05) is 15.5 Å². The van der Waals surface area contributed by atoms with Crippen molar-refractivity contribution in [2.24, 2.45) is 5.73 Å². The smallest absolute Gasteiger partial charge is 0.123 e. The Kier molecular flexibility index (Phi) is 4.97. The first-order valence-corrected chi connectivity index (χ1v) is 7.15. The first-order valence-electron chi connectivity index (χ1n) is 5.98. The zero-order chi connectivity index (χ0) is 13.8. The number of benzene rings is 2. The molecule has 1 atom stereocenters. The minimum absolute atomic E-state index is 0.0726. The molecule has 0 radical (unpaired) electrons. The van der Waals surface area contributed by atoms with Gasteiger partial charge in [0.25, 0.3) is 0 Å². The largest absolute Gasteiger partial charge is 0.327 e. The fourth-order valence-corrected chi connectivity index (χ4v) is 2.64. The molecule has 19 heavy (non-hydrogen) atoms. The van der Waals surface area contributed by atoms with E-state index in [0.29, 0.717) is 17.9 Å². The van der Waals surface area contributed by atoms with Crippen molar-refractivity contribution < 1.29 is 4.39 Å². The van der Waals surface area contributed by atoms with Crippen LogP contribution in [0.2, 0.25) is 5.02 Å². The minimum Gasteiger partial charge on any atom is -0.327 e. The van der Waals surface area contributed by atoms with Crippen LogP contribution < -0.4 is 5.73 Å². The maximum absolute atomic E-state index is 13.2. The molecule has 0 aliphatic heterocycles. The number of rotatable bonds is 4. The molecule has 0 fully saturated rings. The molecule has 0 aliphatic carbocycles. The van der Waals surface area contributed by atoms with Gasteiger partial charge in [-0.2, -0.15) is 0 Å². The lowest BCUT2D eigenvalue weighted by Crippen LogP contribution is -2.25. The lowest BCUT2D eigenvalue weighted by molar-refractivity contribution is 0.617. The van der Waals surface area contributed by atoms with E-state index in [2.05, 4.69) is 15.9 Å². The van der Waals surface area contributed by atoms with E-state index in [0.717, 1.165) is 15.6 Å². The highest BCUT2D eigenvalue weighted by Gasteiger charge is 2.09. The third-order valence-corrected chi connectivity index (χ3v) is 3.89. The summed E-state index contributed by atoms with van der Waals surface area (Å²) in [4.78, 5) is 0. The SMILES string of the molecule is NC(Cc1cccc(Cl)c1)Cc1cc(F)ccc1Br. The molecule has 1 nitrogen and oxygen atoms in total. The average Bonchev–Trinajstić information content (AvgIpc) is 2.34. The molecule has 2 rings (SSSR count). The summed E-state index contributed by atoms with van der Waals surface area (Å²) in [6.45, 7) is 0. The monoisotopic (exact) mass is 341 g/mol. The molecule has 0 saturated heterocycles. The molecule has 0 aliphatic rings. The minimum atomic E-state index is -0.242. The molecule has 2 aromatic carbocycles. The first kappa shape index (κ1) is 14.5. The van der Waals surface area contributed by atoms with E-state index in [4.69, 9.17) is 17.3 Å². The van der Waals surface area contributed by atoms with Crippen molar-refractivity contribution in [3.05, 3.63) is 68.9 Å². The van der Waals surface area contributed by atoms with Crippen LogP contribution in [0.4, 0.5) is 4.39 Å². The number of halogens is 3. The maximum Gasteiger partial charge on any atom is 0.123 e. The lowest BCUT2D eigenvalue weighted by atomic mass is 10.00. The van der Waals surface area contributed by atoms with Gasteiger partial charge in [0.05, 0.1) is 0 Å². The molecule has 0 bridgehead atoms. The van der Waals surface area contributed by atoms with Crippen LogP contribution in [-0.2, 0) is 12.8 Å². The van der Waals surface area contributed by atoms with Crippen LogP contribution in [0.15, 0.2) is 46.9 Å². The second-order valence-corrected chi connectivity index (χ2v) is 5.82. The van der Waals surface area contributed by atoms with Gasteiger partial charge in [-0.3, -0.25) is 0 Å². The van der Waals surface area contributed by atoms with Crippen molar-refractivity contribution in [3.63, 3.8) is 0 Å². The van der Waals surface area contributed by atoms with Gasteiger partial charge in [0.15, 0.2) is 0 Å². The van der Waals surface area contributed by atoms with Crippen LogP contribution in [0.25, 0.3) is 0 Å². The molecule has 0 amide bonds. The van der Waals surface area contributed by atoms with Crippen molar-refractivity contribution in [1.29, 1.82) is 0 Å². The van der Waals surface area contributed by atoms with Gasteiger partial charge in [0.2, 0.25) is 0 Å². The molecule has 2 aromatic rings. The van der Waals surface area contributed by atoms with Crippen LogP contribution in [0.1, 0.15) is 11.1 Å². The van der Waals surface area contributed by atoms with Crippen LogP contribution >= 0.6 is 27.5 Å². The van der Waals surface area contributed by atoms with Crippen LogP contribution in [0.5, 0.6) is 0 Å². The summed E-state index contributed by atoms with van der Waals surface area (Å²) in [5, 5.41) is 0.705. The summed E-state index contributed by atoms with van der Waals surface area (Å²) < 4.78 is 14.1. The zero-order valence-corrected chi connectivity index (χ0v) is 12.6. The van der Waals surface area contributed by atoms with Gasteiger partial charge < -0.3 is 5.73 Å². The molecule has 1 unspecified atom stereocenters. The Hall–Kier alpha value is -0.900. The molecule has 0 saturated carbocycles. The van der Waals surface area contributed by atoms with E-state index in [-0.39, 0.29) is 11.9 Å². The van der Waals surface area contributed by atoms with Crippen LogP contribution in [0, 0.1) is 5.82 Å². The second-order valence-electron chi connectivity index (χ2n) is 4.53. The van der Waals surface area contributed by atoms with Crippen LogP contribution in [0.3, 0.4) is 0 Å².